The summed E-state index contributed by atoms with van der Waals surface area (Å²) < 4.78 is 5.32. The third-order valence-electron chi connectivity index (χ3n) is 3.61. The van der Waals surface area contributed by atoms with Crippen LogP contribution in [0.4, 0.5) is 0 Å². The fraction of sp³-hybridized carbons (Fsp3) is 0.412. The number of thiophene rings is 1. The summed E-state index contributed by atoms with van der Waals surface area (Å²) in [4.78, 5) is 2.24. The average Bonchev–Trinajstić information content (AvgIpc) is 3.00. The number of rotatable bonds is 8. The molecular formula is C17H24N2OS. The van der Waals surface area contributed by atoms with Gasteiger partial charge in [-0.1, -0.05) is 12.1 Å². The van der Waals surface area contributed by atoms with Gasteiger partial charge in [0, 0.05) is 12.6 Å². The zero-order chi connectivity index (χ0) is 15.1. The van der Waals surface area contributed by atoms with Crippen molar-refractivity contribution >= 4 is 11.3 Å². The summed E-state index contributed by atoms with van der Waals surface area (Å²) in [7, 11) is 5.94. The van der Waals surface area contributed by atoms with Crippen LogP contribution in [-0.4, -0.2) is 39.2 Å². The van der Waals surface area contributed by atoms with Gasteiger partial charge in [-0.25, -0.2) is 0 Å². The Morgan fingerprint density at radius 2 is 2.14 bits per heavy atom. The molecule has 3 nitrogen and oxygen atoms in total. The Kier molecular flexibility index (Phi) is 6.23. The summed E-state index contributed by atoms with van der Waals surface area (Å²) in [6, 6.07) is 10.9. The highest BCUT2D eigenvalue weighted by Crippen LogP contribution is 2.22. The molecule has 0 aliphatic rings. The predicted octanol–water partition coefficient (Wildman–Crippen LogP) is 3.19. The second-order valence-corrected chi connectivity index (χ2v) is 6.12. The highest BCUT2D eigenvalue weighted by Gasteiger charge is 2.14. The Morgan fingerprint density at radius 3 is 2.81 bits per heavy atom. The quantitative estimate of drug-likeness (QED) is 0.758. The molecule has 0 saturated heterocycles. The summed E-state index contributed by atoms with van der Waals surface area (Å²) in [6.07, 6.45) is 1.09. The van der Waals surface area contributed by atoms with E-state index < -0.39 is 0 Å². The topological polar surface area (TPSA) is 24.5 Å². The normalized spacial score (nSPS) is 12.6. The van der Waals surface area contributed by atoms with E-state index >= 15 is 0 Å². The minimum Gasteiger partial charge on any atom is -0.497 e. The molecule has 0 bridgehead atoms. The smallest absolute Gasteiger partial charge is 0.119 e. The van der Waals surface area contributed by atoms with Crippen LogP contribution in [-0.2, 0) is 6.42 Å². The zero-order valence-corrected chi connectivity index (χ0v) is 13.8. The van der Waals surface area contributed by atoms with Gasteiger partial charge in [0.05, 0.1) is 7.11 Å². The second-order valence-electron chi connectivity index (χ2n) is 5.34. The monoisotopic (exact) mass is 304 g/mol. The van der Waals surface area contributed by atoms with Gasteiger partial charge in [-0.3, -0.25) is 0 Å². The first-order valence-electron chi connectivity index (χ1n) is 7.23. The van der Waals surface area contributed by atoms with E-state index in [2.05, 4.69) is 59.3 Å². The number of methoxy groups -OCH3 is 1. The third kappa shape index (κ3) is 4.84. The van der Waals surface area contributed by atoms with Crippen molar-refractivity contribution in [3.8, 4) is 5.75 Å². The highest BCUT2D eigenvalue weighted by atomic mass is 32.1. The highest BCUT2D eigenvalue weighted by molar-refractivity contribution is 7.07. The molecular weight excluding hydrogens is 280 g/mol. The molecule has 114 valence electrons. The average molecular weight is 304 g/mol. The summed E-state index contributed by atoms with van der Waals surface area (Å²) in [5, 5.41) is 7.91. The van der Waals surface area contributed by atoms with Crippen molar-refractivity contribution in [2.24, 2.45) is 0 Å². The van der Waals surface area contributed by atoms with Crippen LogP contribution in [0.25, 0.3) is 0 Å². The van der Waals surface area contributed by atoms with Gasteiger partial charge in [0.25, 0.3) is 0 Å². The molecule has 1 atom stereocenters. The molecule has 1 heterocycles. The molecule has 0 saturated carbocycles. The van der Waals surface area contributed by atoms with Crippen LogP contribution in [0.3, 0.4) is 0 Å². The van der Waals surface area contributed by atoms with Crippen molar-refractivity contribution in [3.63, 3.8) is 0 Å². The number of likely N-dealkylation sites (N-methyl/N-ethyl adjacent to an activating group) is 1. The Morgan fingerprint density at radius 1 is 1.29 bits per heavy atom. The molecule has 1 aromatic heterocycles. The van der Waals surface area contributed by atoms with Crippen LogP contribution in [0.15, 0.2) is 41.1 Å². The van der Waals surface area contributed by atoms with E-state index in [1.54, 1.807) is 18.4 Å². The Labute approximate surface area is 131 Å². The van der Waals surface area contributed by atoms with Crippen LogP contribution >= 0.6 is 11.3 Å². The first kappa shape index (κ1) is 16.0. The third-order valence-corrected chi connectivity index (χ3v) is 4.34. The van der Waals surface area contributed by atoms with Gasteiger partial charge in [0.2, 0.25) is 0 Å². The Balaban J connectivity index is 1.89. The van der Waals surface area contributed by atoms with Crippen LogP contribution < -0.4 is 10.1 Å². The molecule has 0 fully saturated rings. The van der Waals surface area contributed by atoms with Crippen molar-refractivity contribution in [1.29, 1.82) is 0 Å². The van der Waals surface area contributed by atoms with Crippen molar-refractivity contribution in [1.82, 2.24) is 10.2 Å². The maximum Gasteiger partial charge on any atom is 0.119 e. The first-order valence-corrected chi connectivity index (χ1v) is 8.17. The molecule has 2 aromatic rings. The molecule has 0 amide bonds. The second kappa shape index (κ2) is 8.17. The van der Waals surface area contributed by atoms with Crippen LogP contribution in [0.1, 0.15) is 17.2 Å². The van der Waals surface area contributed by atoms with Crippen molar-refractivity contribution in [2.75, 3.05) is 34.3 Å². The molecule has 0 aliphatic heterocycles. The maximum absolute atomic E-state index is 5.32. The number of nitrogens with one attached hydrogen (secondary N) is 1. The number of hydrogen-bond donors (Lipinski definition) is 1. The van der Waals surface area contributed by atoms with Gasteiger partial charge >= 0.3 is 0 Å². The van der Waals surface area contributed by atoms with E-state index in [-0.39, 0.29) is 0 Å². The van der Waals surface area contributed by atoms with E-state index in [1.165, 1.54) is 11.1 Å². The number of nitrogens with zero attached hydrogens (tertiary/aromatic N) is 1. The Hall–Kier alpha value is -1.36. The van der Waals surface area contributed by atoms with E-state index in [9.17, 15) is 0 Å². The maximum atomic E-state index is 5.32. The molecule has 0 radical (unpaired) electrons. The summed E-state index contributed by atoms with van der Waals surface area (Å²) in [5.41, 5.74) is 2.69. The minimum atomic E-state index is 0.350. The van der Waals surface area contributed by atoms with E-state index in [0.29, 0.717) is 6.04 Å². The fourth-order valence-corrected chi connectivity index (χ4v) is 3.06. The van der Waals surface area contributed by atoms with E-state index in [4.69, 9.17) is 4.74 Å². The van der Waals surface area contributed by atoms with Gasteiger partial charge in [-0.2, -0.15) is 11.3 Å². The SMILES string of the molecule is COc1cccc(C(CNCCc2ccsc2)N(C)C)c1. The summed E-state index contributed by atoms with van der Waals surface area (Å²) >= 11 is 1.76. The Bertz CT molecular complexity index is 525. The summed E-state index contributed by atoms with van der Waals surface area (Å²) in [6.45, 7) is 1.94. The van der Waals surface area contributed by atoms with E-state index in [0.717, 1.165) is 25.3 Å². The number of hydrogen-bond acceptors (Lipinski definition) is 4. The van der Waals surface area contributed by atoms with Gasteiger partial charge in [0.15, 0.2) is 0 Å². The molecule has 2 rings (SSSR count). The molecule has 1 unspecified atom stereocenters. The molecule has 1 N–H and O–H groups in total. The molecule has 4 heteroatoms. The van der Waals surface area contributed by atoms with E-state index in [1.807, 2.05) is 6.07 Å². The minimum absolute atomic E-state index is 0.350. The fourth-order valence-electron chi connectivity index (χ4n) is 2.35. The standard InChI is InChI=1S/C17H24N2OS/c1-19(2)17(15-5-4-6-16(11-15)20-3)12-18-9-7-14-8-10-21-13-14/h4-6,8,10-11,13,17-18H,7,9,12H2,1-3H3. The molecule has 0 aliphatic carbocycles. The van der Waals surface area contributed by atoms with Crippen LogP contribution in [0, 0.1) is 0 Å². The van der Waals surface area contributed by atoms with Gasteiger partial charge in [-0.05, 0) is 67.1 Å². The number of benzene rings is 1. The lowest BCUT2D eigenvalue weighted by Gasteiger charge is -2.25. The molecule has 21 heavy (non-hydrogen) atoms. The summed E-state index contributed by atoms with van der Waals surface area (Å²) in [5.74, 6) is 0.914. The molecule has 0 spiro atoms. The van der Waals surface area contributed by atoms with Crippen LogP contribution in [0.5, 0.6) is 5.75 Å². The number of ether oxygens (including phenoxy) is 1. The van der Waals surface area contributed by atoms with Gasteiger partial charge < -0.3 is 15.0 Å². The largest absolute Gasteiger partial charge is 0.497 e. The van der Waals surface area contributed by atoms with Crippen molar-refractivity contribution < 1.29 is 4.74 Å². The zero-order valence-electron chi connectivity index (χ0n) is 13.0. The lowest BCUT2D eigenvalue weighted by Crippen LogP contribution is -2.32. The predicted molar refractivity (Wildman–Crippen MR) is 90.3 cm³/mol. The van der Waals surface area contributed by atoms with Gasteiger partial charge in [0.1, 0.15) is 5.75 Å². The van der Waals surface area contributed by atoms with Gasteiger partial charge in [-0.15, -0.1) is 0 Å². The molecule has 1 aromatic carbocycles. The van der Waals surface area contributed by atoms with Crippen molar-refractivity contribution in [3.05, 3.63) is 52.2 Å². The first-order chi connectivity index (χ1) is 10.2. The lowest BCUT2D eigenvalue weighted by atomic mass is 10.1. The van der Waals surface area contributed by atoms with Crippen LogP contribution in [0.2, 0.25) is 0 Å². The van der Waals surface area contributed by atoms with Crippen molar-refractivity contribution in [2.45, 2.75) is 12.5 Å². The lowest BCUT2D eigenvalue weighted by molar-refractivity contribution is 0.288.